The molecule has 4 nitrogen and oxygen atoms in total. The van der Waals surface area contributed by atoms with Gasteiger partial charge in [-0.2, -0.15) is 0 Å². The first kappa shape index (κ1) is 13.8. The van der Waals surface area contributed by atoms with Crippen LogP contribution in [0.25, 0.3) is 0 Å². The van der Waals surface area contributed by atoms with Crippen LogP contribution in [0.4, 0.5) is 0 Å². The van der Waals surface area contributed by atoms with Crippen LogP contribution in [0.5, 0.6) is 0 Å². The van der Waals surface area contributed by atoms with Gasteiger partial charge in [0.25, 0.3) is 0 Å². The van der Waals surface area contributed by atoms with Crippen molar-refractivity contribution in [3.05, 3.63) is 16.5 Å². The molecule has 98 valence electrons. The van der Waals surface area contributed by atoms with Crippen LogP contribution in [0.1, 0.15) is 38.4 Å². The number of thioether (sulfide) groups is 1. The van der Waals surface area contributed by atoms with Crippen molar-refractivity contribution in [3.63, 3.8) is 0 Å². The monoisotopic (exact) mass is 329 g/mol. The highest BCUT2D eigenvalue weighted by molar-refractivity contribution is 9.10. The van der Waals surface area contributed by atoms with Gasteiger partial charge in [0.15, 0.2) is 0 Å². The van der Waals surface area contributed by atoms with E-state index < -0.39 is 0 Å². The fourth-order valence-corrected chi connectivity index (χ4v) is 2.65. The molecule has 1 aliphatic rings. The van der Waals surface area contributed by atoms with Gasteiger partial charge in [0.05, 0.1) is 5.75 Å². The quantitative estimate of drug-likeness (QED) is 0.666. The Morgan fingerprint density at radius 1 is 1.56 bits per heavy atom. The molecule has 1 heterocycles. The van der Waals surface area contributed by atoms with E-state index in [1.807, 2.05) is 6.07 Å². The number of amides is 1. The molecule has 0 aromatic carbocycles. The average molecular weight is 330 g/mol. The lowest BCUT2D eigenvalue weighted by molar-refractivity contribution is -0.118. The van der Waals surface area contributed by atoms with E-state index in [0.29, 0.717) is 11.8 Å². The van der Waals surface area contributed by atoms with Crippen molar-refractivity contribution in [2.75, 3.05) is 5.75 Å². The molecule has 1 aromatic heterocycles. The number of aromatic nitrogens is 2. The van der Waals surface area contributed by atoms with Gasteiger partial charge in [0.2, 0.25) is 5.91 Å². The van der Waals surface area contributed by atoms with Crippen molar-refractivity contribution in [3.8, 4) is 0 Å². The van der Waals surface area contributed by atoms with Crippen LogP contribution >= 0.6 is 27.7 Å². The molecule has 1 N–H and O–H groups in total. The van der Waals surface area contributed by atoms with Gasteiger partial charge in [-0.1, -0.05) is 25.6 Å². The summed E-state index contributed by atoms with van der Waals surface area (Å²) in [6.45, 7) is 4.10. The van der Waals surface area contributed by atoms with Gasteiger partial charge in [-0.05, 0) is 28.8 Å². The lowest BCUT2D eigenvalue weighted by atomic mass is 10.2. The van der Waals surface area contributed by atoms with E-state index in [0.717, 1.165) is 28.3 Å². The molecule has 0 atom stereocenters. The number of carbonyl (C=O) groups excluding carboxylic acids is 1. The molecule has 1 aliphatic carbocycles. The minimum absolute atomic E-state index is 0.0864. The molecule has 1 saturated carbocycles. The third-order valence-electron chi connectivity index (χ3n) is 2.50. The predicted octanol–water partition coefficient (Wildman–Crippen LogP) is 2.73. The molecule has 1 aromatic rings. The second-order valence-electron chi connectivity index (χ2n) is 4.67. The molecule has 6 heteroatoms. The lowest BCUT2D eigenvalue weighted by Crippen LogP contribution is -2.27. The summed E-state index contributed by atoms with van der Waals surface area (Å²) in [4.78, 5) is 20.3. The first-order valence-electron chi connectivity index (χ1n) is 6.01. The molecule has 0 aliphatic heterocycles. The zero-order valence-electron chi connectivity index (χ0n) is 10.4. The molecule has 1 fully saturated rings. The largest absolute Gasteiger partial charge is 0.353 e. The van der Waals surface area contributed by atoms with Crippen LogP contribution in [0, 0.1) is 0 Å². The number of carbonyl (C=O) groups is 1. The van der Waals surface area contributed by atoms with Crippen molar-refractivity contribution in [1.82, 2.24) is 15.3 Å². The summed E-state index contributed by atoms with van der Waals surface area (Å²) in [5.41, 5.74) is 0. The number of rotatable bonds is 5. The van der Waals surface area contributed by atoms with Crippen molar-refractivity contribution < 1.29 is 4.79 Å². The topological polar surface area (TPSA) is 54.9 Å². The first-order chi connectivity index (χ1) is 8.54. The van der Waals surface area contributed by atoms with E-state index in [-0.39, 0.29) is 11.8 Å². The summed E-state index contributed by atoms with van der Waals surface area (Å²) in [6, 6.07) is 2.27. The van der Waals surface area contributed by atoms with E-state index in [1.54, 1.807) is 0 Å². The highest BCUT2D eigenvalue weighted by Crippen LogP contribution is 2.23. The van der Waals surface area contributed by atoms with Crippen LogP contribution in [0.15, 0.2) is 15.7 Å². The summed E-state index contributed by atoms with van der Waals surface area (Å²) in [5.74, 6) is 1.58. The van der Waals surface area contributed by atoms with Gasteiger partial charge in [-0.15, -0.1) is 0 Å². The average Bonchev–Trinajstić information content (AvgIpc) is 3.09. The van der Waals surface area contributed by atoms with Crippen LogP contribution in [0.2, 0.25) is 0 Å². The molecule has 0 radical (unpaired) electrons. The number of nitrogens with one attached hydrogen (secondary N) is 1. The van der Waals surface area contributed by atoms with Gasteiger partial charge in [-0.25, -0.2) is 9.97 Å². The zero-order chi connectivity index (χ0) is 13.1. The van der Waals surface area contributed by atoms with Crippen molar-refractivity contribution >= 4 is 33.6 Å². The Morgan fingerprint density at radius 3 is 2.89 bits per heavy atom. The minimum Gasteiger partial charge on any atom is -0.353 e. The second kappa shape index (κ2) is 6.02. The van der Waals surface area contributed by atoms with E-state index in [9.17, 15) is 4.79 Å². The molecule has 1 amide bonds. The van der Waals surface area contributed by atoms with E-state index in [2.05, 4.69) is 45.1 Å². The van der Waals surface area contributed by atoms with Crippen molar-refractivity contribution in [2.45, 2.75) is 43.7 Å². The fourth-order valence-electron chi connectivity index (χ4n) is 1.38. The van der Waals surface area contributed by atoms with Gasteiger partial charge < -0.3 is 5.32 Å². The zero-order valence-corrected chi connectivity index (χ0v) is 12.8. The molecule has 0 unspecified atom stereocenters. The van der Waals surface area contributed by atoms with Crippen molar-refractivity contribution in [1.29, 1.82) is 0 Å². The summed E-state index contributed by atoms with van der Waals surface area (Å²) < 4.78 is 0.770. The second-order valence-corrected chi connectivity index (χ2v) is 6.48. The van der Waals surface area contributed by atoms with Gasteiger partial charge >= 0.3 is 0 Å². The van der Waals surface area contributed by atoms with E-state index in [1.165, 1.54) is 11.8 Å². The van der Waals surface area contributed by atoms with E-state index >= 15 is 0 Å². The Morgan fingerprint density at radius 2 is 2.28 bits per heavy atom. The standard InChI is InChI=1S/C12H16BrN3OS/c1-7(2)12-15-9(13)5-11(16-12)18-6-10(17)14-8-3-4-8/h5,7-8H,3-4,6H2,1-2H3,(H,14,17). The van der Waals surface area contributed by atoms with Crippen LogP contribution < -0.4 is 5.32 Å². The Kier molecular flexibility index (Phi) is 4.61. The highest BCUT2D eigenvalue weighted by Gasteiger charge is 2.23. The number of hydrogen-bond acceptors (Lipinski definition) is 4. The van der Waals surface area contributed by atoms with Crippen LogP contribution in [-0.4, -0.2) is 27.7 Å². The van der Waals surface area contributed by atoms with Gasteiger partial charge in [-0.3, -0.25) is 4.79 Å². The minimum atomic E-state index is 0.0864. The van der Waals surface area contributed by atoms with Crippen LogP contribution in [-0.2, 0) is 4.79 Å². The number of hydrogen-bond donors (Lipinski definition) is 1. The summed E-state index contributed by atoms with van der Waals surface area (Å²) in [6.07, 6.45) is 2.24. The molecular weight excluding hydrogens is 314 g/mol. The highest BCUT2D eigenvalue weighted by atomic mass is 79.9. The third-order valence-corrected chi connectivity index (χ3v) is 3.82. The Bertz CT molecular complexity index is 449. The number of nitrogens with zero attached hydrogens (tertiary/aromatic N) is 2. The summed E-state index contributed by atoms with van der Waals surface area (Å²) >= 11 is 4.82. The first-order valence-corrected chi connectivity index (χ1v) is 7.79. The maximum absolute atomic E-state index is 11.6. The maximum Gasteiger partial charge on any atom is 0.230 e. The molecule has 0 bridgehead atoms. The molecule has 2 rings (SSSR count). The summed E-state index contributed by atoms with van der Waals surface area (Å²) in [7, 11) is 0. The molecule has 0 spiro atoms. The lowest BCUT2D eigenvalue weighted by Gasteiger charge is -2.07. The van der Waals surface area contributed by atoms with Gasteiger partial charge in [0.1, 0.15) is 15.5 Å². The fraction of sp³-hybridized carbons (Fsp3) is 0.583. The summed E-state index contributed by atoms with van der Waals surface area (Å²) in [5, 5.41) is 3.80. The molecule has 0 saturated heterocycles. The van der Waals surface area contributed by atoms with E-state index in [4.69, 9.17) is 0 Å². The predicted molar refractivity (Wildman–Crippen MR) is 75.7 cm³/mol. The maximum atomic E-state index is 11.6. The smallest absolute Gasteiger partial charge is 0.230 e. The Hall–Kier alpha value is -0.620. The third kappa shape index (κ3) is 4.24. The Balaban J connectivity index is 1.93. The molecular formula is C12H16BrN3OS. The normalized spacial score (nSPS) is 14.9. The number of halogens is 1. The SMILES string of the molecule is CC(C)c1nc(Br)cc(SCC(=O)NC2CC2)n1. The molecule has 18 heavy (non-hydrogen) atoms. The van der Waals surface area contributed by atoms with Gasteiger partial charge in [0, 0.05) is 18.0 Å². The van der Waals surface area contributed by atoms with Crippen molar-refractivity contribution in [2.24, 2.45) is 0 Å². The Labute approximate surface area is 119 Å². The van der Waals surface area contributed by atoms with Crippen LogP contribution in [0.3, 0.4) is 0 Å².